The highest BCUT2D eigenvalue weighted by atomic mass is 32.1. The summed E-state index contributed by atoms with van der Waals surface area (Å²) in [5.41, 5.74) is 1.61. The highest BCUT2D eigenvalue weighted by Gasteiger charge is 2.24. The average molecular weight is 416 g/mol. The van der Waals surface area contributed by atoms with Gasteiger partial charge in [0.15, 0.2) is 5.78 Å². The van der Waals surface area contributed by atoms with Crippen LogP contribution in [0.2, 0.25) is 0 Å². The van der Waals surface area contributed by atoms with Crippen LogP contribution in [-0.4, -0.2) is 49.0 Å². The summed E-state index contributed by atoms with van der Waals surface area (Å²) >= 11 is 1.77. The number of nitrogens with zero attached hydrogens (tertiary/aromatic N) is 1. The third-order valence-electron chi connectivity index (χ3n) is 5.15. The maximum atomic E-state index is 12.5. The molecule has 0 spiro atoms. The van der Waals surface area contributed by atoms with E-state index in [9.17, 15) is 9.59 Å². The number of carbonyl (C=O) groups is 2. The Morgan fingerprint density at radius 2 is 2.14 bits per heavy atom. The Kier molecular flexibility index (Phi) is 7.83. The van der Waals surface area contributed by atoms with Crippen LogP contribution in [0.15, 0.2) is 35.7 Å². The van der Waals surface area contributed by atoms with Gasteiger partial charge in [0.2, 0.25) is 5.91 Å². The topological polar surface area (TPSA) is 55.8 Å². The molecular formula is C23H29NO4S. The van der Waals surface area contributed by atoms with Crippen LogP contribution >= 0.6 is 11.3 Å². The third-order valence-corrected chi connectivity index (χ3v) is 6.08. The summed E-state index contributed by atoms with van der Waals surface area (Å²) in [4.78, 5) is 27.3. The third kappa shape index (κ3) is 6.41. The fraction of sp³-hybridized carbons (Fsp3) is 0.478. The minimum atomic E-state index is -0.133. The van der Waals surface area contributed by atoms with Gasteiger partial charge >= 0.3 is 0 Å². The van der Waals surface area contributed by atoms with Gasteiger partial charge in [0.1, 0.15) is 18.5 Å². The number of amides is 1. The first-order valence-corrected chi connectivity index (χ1v) is 11.1. The molecule has 1 fully saturated rings. The summed E-state index contributed by atoms with van der Waals surface area (Å²) in [5, 5.41) is 2.09. The van der Waals surface area contributed by atoms with Crippen molar-refractivity contribution >= 4 is 23.0 Å². The number of Topliss-reactive ketones (excluding diaryl/α,β-unsaturated/α-hetero) is 1. The Bertz CT molecular complexity index is 818. The van der Waals surface area contributed by atoms with Crippen molar-refractivity contribution in [2.45, 2.75) is 45.6 Å². The van der Waals surface area contributed by atoms with Gasteiger partial charge in [-0.25, -0.2) is 0 Å². The first-order chi connectivity index (χ1) is 14.0. The number of hydrogen-bond donors (Lipinski definition) is 0. The molecule has 0 N–H and O–H groups in total. The van der Waals surface area contributed by atoms with Crippen LogP contribution in [0.1, 0.15) is 47.0 Å². The number of aryl methyl sites for hydroxylation is 2. The van der Waals surface area contributed by atoms with Crippen molar-refractivity contribution in [1.29, 1.82) is 0 Å². The first kappa shape index (κ1) is 21.5. The predicted molar refractivity (Wildman–Crippen MR) is 115 cm³/mol. The number of rotatable bonds is 9. The number of benzene rings is 1. The van der Waals surface area contributed by atoms with Crippen LogP contribution in [-0.2, 0) is 16.0 Å². The molecule has 3 rings (SSSR count). The molecule has 1 aliphatic heterocycles. The maximum Gasteiger partial charge on any atom is 0.222 e. The van der Waals surface area contributed by atoms with Crippen LogP contribution in [0, 0.1) is 6.92 Å². The second-order valence-electron chi connectivity index (χ2n) is 7.46. The van der Waals surface area contributed by atoms with Crippen molar-refractivity contribution in [3.63, 3.8) is 0 Å². The molecule has 0 radical (unpaired) electrons. The Morgan fingerprint density at radius 3 is 2.86 bits per heavy atom. The number of thiophene rings is 1. The van der Waals surface area contributed by atoms with Crippen LogP contribution in [0.5, 0.6) is 5.75 Å². The lowest BCUT2D eigenvalue weighted by Gasteiger charge is -2.33. The van der Waals surface area contributed by atoms with Gasteiger partial charge in [-0.05, 0) is 68.3 Å². The van der Waals surface area contributed by atoms with Crippen molar-refractivity contribution in [2.75, 3.05) is 26.3 Å². The summed E-state index contributed by atoms with van der Waals surface area (Å²) in [6.07, 6.45) is 3.46. The van der Waals surface area contributed by atoms with Gasteiger partial charge in [0.05, 0.1) is 13.2 Å². The van der Waals surface area contributed by atoms with Crippen LogP contribution in [0.3, 0.4) is 0 Å². The molecular weight excluding hydrogens is 386 g/mol. The minimum Gasteiger partial charge on any atom is -0.491 e. The van der Waals surface area contributed by atoms with E-state index in [0.717, 1.165) is 24.8 Å². The van der Waals surface area contributed by atoms with Crippen molar-refractivity contribution in [2.24, 2.45) is 0 Å². The van der Waals surface area contributed by atoms with Crippen LogP contribution < -0.4 is 4.74 Å². The molecule has 1 atom stereocenters. The normalized spacial score (nSPS) is 16.6. The maximum absolute atomic E-state index is 12.5. The molecule has 1 saturated heterocycles. The van der Waals surface area contributed by atoms with E-state index in [0.29, 0.717) is 44.0 Å². The number of carbonyl (C=O) groups excluding carboxylic acids is 2. The fourth-order valence-electron chi connectivity index (χ4n) is 3.55. The molecule has 1 aromatic carbocycles. The zero-order valence-electron chi connectivity index (χ0n) is 17.2. The number of ketones is 1. The Labute approximate surface area is 176 Å². The standard InChI is InChI=1S/C23H29NO4S/c1-17-14-19(9-10-22(17)18(2)25)28-16-20-15-24(11-12-27-20)23(26)8-4-3-6-21-7-5-13-29-21/h5,7,9-10,13-14,20H,3-4,6,8,11-12,15-16H2,1-2H3. The number of morpholine rings is 1. The lowest BCUT2D eigenvalue weighted by Crippen LogP contribution is -2.47. The summed E-state index contributed by atoms with van der Waals surface area (Å²) in [5.74, 6) is 0.966. The first-order valence-electron chi connectivity index (χ1n) is 10.2. The minimum absolute atomic E-state index is 0.0502. The van der Waals surface area contributed by atoms with Crippen molar-refractivity contribution in [3.8, 4) is 5.75 Å². The van der Waals surface area contributed by atoms with E-state index in [1.807, 2.05) is 24.0 Å². The van der Waals surface area contributed by atoms with E-state index >= 15 is 0 Å². The van der Waals surface area contributed by atoms with E-state index in [1.54, 1.807) is 24.3 Å². The van der Waals surface area contributed by atoms with E-state index in [2.05, 4.69) is 17.5 Å². The largest absolute Gasteiger partial charge is 0.491 e. The molecule has 29 heavy (non-hydrogen) atoms. The van der Waals surface area contributed by atoms with E-state index in [-0.39, 0.29) is 17.8 Å². The van der Waals surface area contributed by atoms with Gasteiger partial charge in [0.25, 0.3) is 0 Å². The molecule has 1 unspecified atom stereocenters. The quantitative estimate of drug-likeness (QED) is 0.453. The molecule has 2 heterocycles. The van der Waals surface area contributed by atoms with E-state index in [4.69, 9.17) is 9.47 Å². The second-order valence-corrected chi connectivity index (χ2v) is 8.50. The number of ether oxygens (including phenoxy) is 2. The highest BCUT2D eigenvalue weighted by Crippen LogP contribution is 2.19. The number of hydrogen-bond acceptors (Lipinski definition) is 5. The number of unbranched alkanes of at least 4 members (excludes halogenated alkanes) is 1. The molecule has 1 amide bonds. The molecule has 6 heteroatoms. The summed E-state index contributed by atoms with van der Waals surface area (Å²) < 4.78 is 11.6. The molecule has 0 bridgehead atoms. The summed E-state index contributed by atoms with van der Waals surface area (Å²) in [6, 6.07) is 9.69. The molecule has 0 saturated carbocycles. The van der Waals surface area contributed by atoms with Gasteiger partial charge < -0.3 is 14.4 Å². The second kappa shape index (κ2) is 10.6. The Morgan fingerprint density at radius 1 is 1.28 bits per heavy atom. The van der Waals surface area contributed by atoms with Gasteiger partial charge in [-0.1, -0.05) is 6.07 Å². The van der Waals surface area contributed by atoms with Gasteiger partial charge in [-0.2, -0.15) is 0 Å². The molecule has 1 aromatic heterocycles. The van der Waals surface area contributed by atoms with Crippen molar-refractivity contribution < 1.29 is 19.1 Å². The van der Waals surface area contributed by atoms with E-state index < -0.39 is 0 Å². The summed E-state index contributed by atoms with van der Waals surface area (Å²) in [7, 11) is 0. The lowest BCUT2D eigenvalue weighted by molar-refractivity contribution is -0.140. The molecule has 1 aliphatic rings. The average Bonchev–Trinajstić information content (AvgIpc) is 3.23. The Hall–Kier alpha value is -2.18. The van der Waals surface area contributed by atoms with Crippen molar-refractivity contribution in [1.82, 2.24) is 4.90 Å². The molecule has 2 aromatic rings. The summed E-state index contributed by atoms with van der Waals surface area (Å²) in [6.45, 7) is 5.60. The SMILES string of the molecule is CC(=O)c1ccc(OCC2CN(C(=O)CCCCc3cccs3)CCO2)cc1C. The monoisotopic (exact) mass is 415 g/mol. The van der Waals surface area contributed by atoms with Crippen molar-refractivity contribution in [3.05, 3.63) is 51.7 Å². The van der Waals surface area contributed by atoms with Gasteiger partial charge in [-0.3, -0.25) is 9.59 Å². The highest BCUT2D eigenvalue weighted by molar-refractivity contribution is 7.09. The smallest absolute Gasteiger partial charge is 0.222 e. The molecule has 156 valence electrons. The predicted octanol–water partition coefficient (Wildman–Crippen LogP) is 4.28. The van der Waals surface area contributed by atoms with Crippen LogP contribution in [0.4, 0.5) is 0 Å². The zero-order chi connectivity index (χ0) is 20.6. The fourth-order valence-corrected chi connectivity index (χ4v) is 4.30. The van der Waals surface area contributed by atoms with Gasteiger partial charge in [-0.15, -0.1) is 11.3 Å². The Balaban J connectivity index is 1.41. The zero-order valence-corrected chi connectivity index (χ0v) is 18.0. The van der Waals surface area contributed by atoms with E-state index in [1.165, 1.54) is 4.88 Å². The van der Waals surface area contributed by atoms with Gasteiger partial charge in [0, 0.05) is 23.4 Å². The lowest BCUT2D eigenvalue weighted by atomic mass is 10.1. The molecule has 5 nitrogen and oxygen atoms in total. The molecule has 0 aliphatic carbocycles. The van der Waals surface area contributed by atoms with Crippen LogP contribution in [0.25, 0.3) is 0 Å².